The molecule has 1 amide bonds. The van der Waals surface area contributed by atoms with E-state index in [9.17, 15) is 9.59 Å². The van der Waals surface area contributed by atoms with Gasteiger partial charge in [0.1, 0.15) is 11.2 Å². The van der Waals surface area contributed by atoms with Crippen LogP contribution in [0.5, 0.6) is 0 Å². The van der Waals surface area contributed by atoms with Gasteiger partial charge in [-0.3, -0.25) is 14.2 Å². The summed E-state index contributed by atoms with van der Waals surface area (Å²) in [6.45, 7) is 0. The van der Waals surface area contributed by atoms with E-state index in [0.29, 0.717) is 5.65 Å². The van der Waals surface area contributed by atoms with Crippen LogP contribution < -0.4 is 10.9 Å². The van der Waals surface area contributed by atoms with Crippen molar-refractivity contribution in [2.75, 3.05) is 0 Å². The highest BCUT2D eigenvalue weighted by Crippen LogP contribution is 2.18. The van der Waals surface area contributed by atoms with Crippen molar-refractivity contribution in [3.05, 3.63) is 40.3 Å². The second-order valence-electron chi connectivity index (χ2n) is 5.29. The first-order chi connectivity index (χ1) is 9.66. The van der Waals surface area contributed by atoms with Crippen molar-refractivity contribution in [3.8, 4) is 0 Å². The minimum atomic E-state index is -0.299. The fraction of sp³-hybridized carbons (Fsp3) is 0.400. The van der Waals surface area contributed by atoms with Crippen LogP contribution in [0.3, 0.4) is 0 Å². The average molecular weight is 271 g/mol. The maximum atomic E-state index is 12.3. The minimum Gasteiger partial charge on any atom is -0.349 e. The third-order valence-corrected chi connectivity index (χ3v) is 3.90. The molecule has 2 aromatic rings. The molecule has 2 aromatic heterocycles. The summed E-state index contributed by atoms with van der Waals surface area (Å²) >= 11 is 0. The number of fused-ring (bicyclic) bond motifs is 1. The number of hydrogen-bond donors (Lipinski definition) is 1. The van der Waals surface area contributed by atoms with Gasteiger partial charge in [-0.15, -0.1) is 0 Å². The maximum Gasteiger partial charge on any atom is 0.264 e. The summed E-state index contributed by atoms with van der Waals surface area (Å²) in [7, 11) is 1.64. The van der Waals surface area contributed by atoms with Gasteiger partial charge in [0.2, 0.25) is 0 Å². The van der Waals surface area contributed by atoms with E-state index in [2.05, 4.69) is 10.3 Å². The Morgan fingerprint density at radius 1 is 1.40 bits per heavy atom. The first-order valence-corrected chi connectivity index (χ1v) is 6.92. The Hall–Kier alpha value is -2.17. The molecule has 0 unspecified atom stereocenters. The van der Waals surface area contributed by atoms with Gasteiger partial charge in [-0.05, 0) is 31.0 Å². The van der Waals surface area contributed by atoms with Crippen molar-refractivity contribution in [2.45, 2.75) is 31.7 Å². The first-order valence-electron chi connectivity index (χ1n) is 6.92. The van der Waals surface area contributed by atoms with E-state index in [-0.39, 0.29) is 23.1 Å². The second-order valence-corrected chi connectivity index (χ2v) is 5.29. The van der Waals surface area contributed by atoms with Gasteiger partial charge in [0.05, 0.1) is 0 Å². The SMILES string of the molecule is Cn1c(=O)c(C(=O)NC2CCCC2)cc2cccnc21. The van der Waals surface area contributed by atoms with E-state index in [1.807, 2.05) is 6.07 Å². The van der Waals surface area contributed by atoms with Gasteiger partial charge in [0.15, 0.2) is 0 Å². The van der Waals surface area contributed by atoms with E-state index in [1.165, 1.54) is 4.57 Å². The van der Waals surface area contributed by atoms with Crippen LogP contribution in [0.2, 0.25) is 0 Å². The Balaban J connectivity index is 2.00. The van der Waals surface area contributed by atoms with Gasteiger partial charge in [0, 0.05) is 24.7 Å². The Kier molecular flexibility index (Phi) is 3.26. The number of pyridine rings is 2. The van der Waals surface area contributed by atoms with Gasteiger partial charge >= 0.3 is 0 Å². The summed E-state index contributed by atoms with van der Waals surface area (Å²) in [6.07, 6.45) is 5.93. The van der Waals surface area contributed by atoms with Crippen LogP contribution >= 0.6 is 0 Å². The highest BCUT2D eigenvalue weighted by atomic mass is 16.2. The molecular weight excluding hydrogens is 254 g/mol. The van der Waals surface area contributed by atoms with Crippen LogP contribution in [0.1, 0.15) is 36.0 Å². The molecule has 0 saturated heterocycles. The molecule has 104 valence electrons. The van der Waals surface area contributed by atoms with Gasteiger partial charge in [-0.1, -0.05) is 12.8 Å². The molecule has 1 aliphatic carbocycles. The lowest BCUT2D eigenvalue weighted by molar-refractivity contribution is 0.0936. The Morgan fingerprint density at radius 2 is 2.15 bits per heavy atom. The molecule has 5 nitrogen and oxygen atoms in total. The van der Waals surface area contributed by atoms with Crippen molar-refractivity contribution >= 4 is 16.9 Å². The molecule has 0 aromatic carbocycles. The van der Waals surface area contributed by atoms with Gasteiger partial charge in [-0.25, -0.2) is 4.98 Å². The second kappa shape index (κ2) is 5.07. The lowest BCUT2D eigenvalue weighted by Gasteiger charge is -2.12. The van der Waals surface area contributed by atoms with Crippen LogP contribution in [0.25, 0.3) is 11.0 Å². The summed E-state index contributed by atoms with van der Waals surface area (Å²) in [5.41, 5.74) is 0.488. The fourth-order valence-electron chi connectivity index (χ4n) is 2.79. The van der Waals surface area contributed by atoms with Gasteiger partial charge < -0.3 is 5.32 Å². The predicted octanol–water partition coefficient (Wildman–Crippen LogP) is 1.61. The molecule has 1 saturated carbocycles. The standard InChI is InChI=1S/C15H17N3O2/c1-18-13-10(5-4-8-16-13)9-12(15(18)20)14(19)17-11-6-2-3-7-11/h4-5,8-9,11H,2-3,6-7H2,1H3,(H,17,19). The van der Waals surface area contributed by atoms with Crippen molar-refractivity contribution < 1.29 is 4.79 Å². The zero-order valence-corrected chi connectivity index (χ0v) is 11.4. The summed E-state index contributed by atoms with van der Waals surface area (Å²) in [6, 6.07) is 5.49. The Morgan fingerprint density at radius 3 is 2.90 bits per heavy atom. The summed E-state index contributed by atoms with van der Waals surface area (Å²) in [5.74, 6) is -0.275. The number of aromatic nitrogens is 2. The molecule has 1 fully saturated rings. The largest absolute Gasteiger partial charge is 0.349 e. The number of carbonyl (C=O) groups excluding carboxylic acids is 1. The molecule has 5 heteroatoms. The monoisotopic (exact) mass is 271 g/mol. The van der Waals surface area contributed by atoms with E-state index >= 15 is 0 Å². The van der Waals surface area contributed by atoms with Gasteiger partial charge in [-0.2, -0.15) is 0 Å². The van der Waals surface area contributed by atoms with Crippen LogP contribution in [0.15, 0.2) is 29.2 Å². The molecule has 1 N–H and O–H groups in total. The van der Waals surface area contributed by atoms with Crippen LogP contribution in [0, 0.1) is 0 Å². The molecular formula is C15H17N3O2. The smallest absolute Gasteiger partial charge is 0.264 e. The van der Waals surface area contributed by atoms with E-state index in [0.717, 1.165) is 31.1 Å². The van der Waals surface area contributed by atoms with Crippen LogP contribution in [-0.4, -0.2) is 21.5 Å². The highest BCUT2D eigenvalue weighted by Gasteiger charge is 2.20. The van der Waals surface area contributed by atoms with E-state index in [4.69, 9.17) is 0 Å². The van der Waals surface area contributed by atoms with Crippen molar-refractivity contribution in [1.82, 2.24) is 14.9 Å². The highest BCUT2D eigenvalue weighted by molar-refractivity contribution is 5.97. The summed E-state index contributed by atoms with van der Waals surface area (Å²) in [4.78, 5) is 28.7. The predicted molar refractivity (Wildman–Crippen MR) is 76.7 cm³/mol. The molecule has 3 rings (SSSR count). The molecule has 1 aliphatic rings. The quantitative estimate of drug-likeness (QED) is 0.902. The van der Waals surface area contributed by atoms with Crippen LogP contribution in [-0.2, 0) is 7.05 Å². The average Bonchev–Trinajstić information content (AvgIpc) is 2.95. The molecule has 0 atom stereocenters. The Bertz CT molecular complexity index is 715. The topological polar surface area (TPSA) is 64.0 Å². The summed E-state index contributed by atoms with van der Waals surface area (Å²) in [5, 5.41) is 3.75. The van der Waals surface area contributed by atoms with Crippen molar-refractivity contribution in [3.63, 3.8) is 0 Å². The number of rotatable bonds is 2. The van der Waals surface area contributed by atoms with E-state index in [1.54, 1.807) is 25.4 Å². The van der Waals surface area contributed by atoms with Gasteiger partial charge in [0.25, 0.3) is 11.5 Å². The lowest BCUT2D eigenvalue weighted by atomic mass is 10.1. The first kappa shape index (κ1) is 12.8. The number of carbonyl (C=O) groups is 1. The van der Waals surface area contributed by atoms with Crippen molar-refractivity contribution in [2.24, 2.45) is 7.05 Å². The summed E-state index contributed by atoms with van der Waals surface area (Å²) < 4.78 is 1.43. The molecule has 20 heavy (non-hydrogen) atoms. The zero-order chi connectivity index (χ0) is 14.1. The number of hydrogen-bond acceptors (Lipinski definition) is 3. The number of nitrogens with one attached hydrogen (secondary N) is 1. The molecule has 2 heterocycles. The van der Waals surface area contributed by atoms with E-state index < -0.39 is 0 Å². The minimum absolute atomic E-state index is 0.194. The fourth-order valence-corrected chi connectivity index (χ4v) is 2.79. The third kappa shape index (κ3) is 2.19. The normalized spacial score (nSPS) is 15.7. The number of aryl methyl sites for hydroxylation is 1. The number of nitrogens with zero attached hydrogens (tertiary/aromatic N) is 2. The molecule has 0 bridgehead atoms. The zero-order valence-electron chi connectivity index (χ0n) is 11.4. The van der Waals surface area contributed by atoms with Crippen molar-refractivity contribution in [1.29, 1.82) is 0 Å². The molecule has 0 aliphatic heterocycles. The maximum absolute atomic E-state index is 12.3. The van der Waals surface area contributed by atoms with Crippen LogP contribution in [0.4, 0.5) is 0 Å². The lowest BCUT2D eigenvalue weighted by Crippen LogP contribution is -2.37. The molecule has 0 spiro atoms. The molecule has 0 radical (unpaired) electrons. The number of amides is 1. The Labute approximate surface area is 116 Å². The third-order valence-electron chi connectivity index (χ3n) is 3.90.